The highest BCUT2D eigenvalue weighted by Crippen LogP contribution is 2.30. The van der Waals surface area contributed by atoms with Gasteiger partial charge in [0, 0.05) is 0 Å². The maximum absolute atomic E-state index is 12.4. The standard InChI is InChI=1S/C20H38O4/c1-6-9-10-11-12-13-14-15-16-23-18(21)20(7-2,8-3)19(22)24-17(4)5/h17H,6-16H2,1-5H3. The largest absolute Gasteiger partial charge is 0.465 e. The predicted molar refractivity (Wildman–Crippen MR) is 97.8 cm³/mol. The molecular weight excluding hydrogens is 304 g/mol. The minimum Gasteiger partial charge on any atom is -0.465 e. The first-order valence-electron chi connectivity index (χ1n) is 9.82. The summed E-state index contributed by atoms with van der Waals surface area (Å²) in [4.78, 5) is 24.8. The van der Waals surface area contributed by atoms with Crippen LogP contribution in [0, 0.1) is 5.41 Å². The Morgan fingerprint density at radius 3 is 1.75 bits per heavy atom. The van der Waals surface area contributed by atoms with E-state index in [0.717, 1.165) is 12.8 Å². The second kappa shape index (κ2) is 13.3. The molecule has 24 heavy (non-hydrogen) atoms. The maximum Gasteiger partial charge on any atom is 0.323 e. The predicted octanol–water partition coefficient (Wildman–Crippen LogP) is 5.43. The van der Waals surface area contributed by atoms with Crippen molar-refractivity contribution < 1.29 is 19.1 Å². The molecule has 4 nitrogen and oxygen atoms in total. The van der Waals surface area contributed by atoms with Crippen LogP contribution in [0.2, 0.25) is 0 Å². The summed E-state index contributed by atoms with van der Waals surface area (Å²) in [7, 11) is 0. The second-order valence-electron chi connectivity index (χ2n) is 6.85. The normalized spacial score (nSPS) is 11.6. The molecule has 0 N–H and O–H groups in total. The topological polar surface area (TPSA) is 52.6 Å². The first-order valence-corrected chi connectivity index (χ1v) is 9.82. The number of carbonyl (C=O) groups is 2. The molecule has 0 heterocycles. The summed E-state index contributed by atoms with van der Waals surface area (Å²) in [5.41, 5.74) is -1.15. The van der Waals surface area contributed by atoms with E-state index in [1.165, 1.54) is 38.5 Å². The average Bonchev–Trinajstić information content (AvgIpc) is 2.54. The monoisotopic (exact) mass is 342 g/mol. The number of unbranched alkanes of at least 4 members (excludes halogenated alkanes) is 7. The van der Waals surface area contributed by atoms with Crippen molar-refractivity contribution in [2.75, 3.05) is 6.61 Å². The number of rotatable bonds is 14. The molecule has 0 aliphatic heterocycles. The van der Waals surface area contributed by atoms with Gasteiger partial charge >= 0.3 is 11.9 Å². The Bertz CT molecular complexity index is 346. The van der Waals surface area contributed by atoms with Crippen molar-refractivity contribution in [1.29, 1.82) is 0 Å². The van der Waals surface area contributed by atoms with E-state index in [-0.39, 0.29) is 6.10 Å². The van der Waals surface area contributed by atoms with Crippen LogP contribution in [0.1, 0.15) is 98.8 Å². The summed E-state index contributed by atoms with van der Waals surface area (Å²) < 4.78 is 10.7. The smallest absolute Gasteiger partial charge is 0.323 e. The molecule has 0 bridgehead atoms. The highest BCUT2D eigenvalue weighted by atomic mass is 16.6. The lowest BCUT2D eigenvalue weighted by Gasteiger charge is -2.27. The van der Waals surface area contributed by atoms with Crippen LogP contribution in [0.4, 0.5) is 0 Å². The van der Waals surface area contributed by atoms with Gasteiger partial charge in [0.1, 0.15) is 0 Å². The van der Waals surface area contributed by atoms with Gasteiger partial charge in [-0.15, -0.1) is 0 Å². The molecule has 0 amide bonds. The molecule has 0 aliphatic carbocycles. The molecule has 0 saturated carbocycles. The fourth-order valence-electron chi connectivity index (χ4n) is 2.78. The van der Waals surface area contributed by atoms with Gasteiger partial charge in [-0.25, -0.2) is 0 Å². The summed E-state index contributed by atoms with van der Waals surface area (Å²) >= 11 is 0. The second-order valence-corrected chi connectivity index (χ2v) is 6.85. The Morgan fingerprint density at radius 1 is 0.792 bits per heavy atom. The highest BCUT2D eigenvalue weighted by Gasteiger charge is 2.46. The van der Waals surface area contributed by atoms with E-state index in [2.05, 4.69) is 6.92 Å². The SMILES string of the molecule is CCCCCCCCCCOC(=O)C(CC)(CC)C(=O)OC(C)C. The number of esters is 2. The minimum atomic E-state index is -1.15. The fraction of sp³-hybridized carbons (Fsp3) is 0.900. The van der Waals surface area contributed by atoms with Gasteiger partial charge in [0.15, 0.2) is 5.41 Å². The molecular formula is C20H38O4. The van der Waals surface area contributed by atoms with Crippen molar-refractivity contribution in [3.05, 3.63) is 0 Å². The highest BCUT2D eigenvalue weighted by molar-refractivity contribution is 6.00. The quantitative estimate of drug-likeness (QED) is 0.240. The lowest BCUT2D eigenvalue weighted by molar-refractivity contribution is -0.175. The zero-order chi connectivity index (χ0) is 18.4. The molecule has 142 valence electrons. The summed E-state index contributed by atoms with van der Waals surface area (Å²) in [6.07, 6.45) is 10.2. The Kier molecular flexibility index (Phi) is 12.7. The van der Waals surface area contributed by atoms with E-state index in [1.54, 1.807) is 13.8 Å². The van der Waals surface area contributed by atoms with E-state index in [1.807, 2.05) is 13.8 Å². The van der Waals surface area contributed by atoms with Gasteiger partial charge in [0.25, 0.3) is 0 Å². The summed E-state index contributed by atoms with van der Waals surface area (Å²) in [6.45, 7) is 9.87. The van der Waals surface area contributed by atoms with Gasteiger partial charge in [-0.3, -0.25) is 9.59 Å². The van der Waals surface area contributed by atoms with Crippen molar-refractivity contribution in [2.45, 2.75) is 105 Å². The lowest BCUT2D eigenvalue weighted by Crippen LogP contribution is -2.42. The average molecular weight is 343 g/mol. The zero-order valence-electron chi connectivity index (χ0n) is 16.5. The third-order valence-corrected chi connectivity index (χ3v) is 4.56. The first kappa shape index (κ1) is 22.9. The number of hydrogen-bond acceptors (Lipinski definition) is 4. The van der Waals surface area contributed by atoms with Gasteiger partial charge in [0.2, 0.25) is 0 Å². The van der Waals surface area contributed by atoms with Gasteiger partial charge in [-0.2, -0.15) is 0 Å². The lowest BCUT2D eigenvalue weighted by atomic mass is 9.82. The van der Waals surface area contributed by atoms with E-state index in [9.17, 15) is 9.59 Å². The van der Waals surface area contributed by atoms with Crippen LogP contribution in [0.5, 0.6) is 0 Å². The van der Waals surface area contributed by atoms with E-state index < -0.39 is 17.4 Å². The van der Waals surface area contributed by atoms with Crippen LogP contribution in [-0.4, -0.2) is 24.6 Å². The van der Waals surface area contributed by atoms with Crippen LogP contribution in [0.25, 0.3) is 0 Å². The van der Waals surface area contributed by atoms with Crippen LogP contribution < -0.4 is 0 Å². The number of carbonyl (C=O) groups excluding carboxylic acids is 2. The van der Waals surface area contributed by atoms with Crippen LogP contribution in [0.3, 0.4) is 0 Å². The van der Waals surface area contributed by atoms with Crippen molar-refractivity contribution >= 4 is 11.9 Å². The van der Waals surface area contributed by atoms with Crippen LogP contribution in [0.15, 0.2) is 0 Å². The molecule has 4 heteroatoms. The molecule has 0 spiro atoms. The van der Waals surface area contributed by atoms with Gasteiger partial charge in [-0.05, 0) is 33.1 Å². The van der Waals surface area contributed by atoms with Crippen LogP contribution in [-0.2, 0) is 19.1 Å². The summed E-state index contributed by atoms with van der Waals surface area (Å²) in [5, 5.41) is 0. The summed E-state index contributed by atoms with van der Waals surface area (Å²) in [6, 6.07) is 0. The third kappa shape index (κ3) is 8.16. The molecule has 0 saturated heterocycles. The van der Waals surface area contributed by atoms with Crippen molar-refractivity contribution in [3.8, 4) is 0 Å². The first-order chi connectivity index (χ1) is 11.4. The molecule has 0 rings (SSSR count). The Balaban J connectivity index is 4.14. The summed E-state index contributed by atoms with van der Waals surface area (Å²) in [5.74, 6) is -0.885. The molecule has 0 aromatic rings. The minimum absolute atomic E-state index is 0.226. The number of hydrogen-bond donors (Lipinski definition) is 0. The van der Waals surface area contributed by atoms with Gasteiger partial charge < -0.3 is 9.47 Å². The molecule has 0 aromatic carbocycles. The molecule has 0 aromatic heterocycles. The zero-order valence-corrected chi connectivity index (χ0v) is 16.5. The fourth-order valence-corrected chi connectivity index (χ4v) is 2.78. The van der Waals surface area contributed by atoms with E-state index in [4.69, 9.17) is 9.47 Å². The Hall–Kier alpha value is -1.06. The molecule has 0 aliphatic rings. The third-order valence-electron chi connectivity index (χ3n) is 4.56. The molecule has 0 radical (unpaired) electrons. The molecule has 0 unspecified atom stereocenters. The van der Waals surface area contributed by atoms with Gasteiger partial charge in [-0.1, -0.05) is 65.7 Å². The Labute approximate surface area is 148 Å². The van der Waals surface area contributed by atoms with E-state index >= 15 is 0 Å². The van der Waals surface area contributed by atoms with Gasteiger partial charge in [0.05, 0.1) is 12.7 Å². The van der Waals surface area contributed by atoms with Crippen LogP contribution >= 0.6 is 0 Å². The Morgan fingerprint density at radius 2 is 1.29 bits per heavy atom. The molecule has 0 atom stereocenters. The van der Waals surface area contributed by atoms with E-state index in [0.29, 0.717) is 19.4 Å². The number of ether oxygens (including phenoxy) is 2. The van der Waals surface area contributed by atoms with Crippen molar-refractivity contribution in [3.63, 3.8) is 0 Å². The molecule has 0 fully saturated rings. The van der Waals surface area contributed by atoms with Crippen molar-refractivity contribution in [1.82, 2.24) is 0 Å². The van der Waals surface area contributed by atoms with Crippen molar-refractivity contribution in [2.24, 2.45) is 5.41 Å². The maximum atomic E-state index is 12.4.